The number of anilines is 1. The van der Waals surface area contributed by atoms with E-state index in [0.29, 0.717) is 25.3 Å². The molecule has 1 aliphatic heterocycles. The Hall–Kier alpha value is -3.10. The molecular formula is C23H25F4N3O2. The third-order valence-electron chi connectivity index (χ3n) is 5.54. The fourth-order valence-electron chi connectivity index (χ4n) is 3.73. The molecule has 2 aromatic rings. The Labute approximate surface area is 183 Å². The van der Waals surface area contributed by atoms with Gasteiger partial charge in [0.2, 0.25) is 5.91 Å². The van der Waals surface area contributed by atoms with Gasteiger partial charge in [0.25, 0.3) is 5.91 Å². The van der Waals surface area contributed by atoms with E-state index in [1.807, 2.05) is 4.90 Å². The van der Waals surface area contributed by atoms with Crippen molar-refractivity contribution < 1.29 is 27.2 Å². The molecule has 9 heteroatoms. The van der Waals surface area contributed by atoms with Gasteiger partial charge in [-0.05, 0) is 42.5 Å². The van der Waals surface area contributed by atoms with Crippen LogP contribution in [0.25, 0.3) is 0 Å². The van der Waals surface area contributed by atoms with Crippen LogP contribution in [-0.4, -0.2) is 37.5 Å². The number of nitrogens with zero attached hydrogens (tertiary/aromatic N) is 1. The number of benzene rings is 2. The average molecular weight is 451 g/mol. The zero-order valence-corrected chi connectivity index (χ0v) is 17.8. The number of carbonyl (C=O) groups excluding carboxylic acids is 2. The van der Waals surface area contributed by atoms with Gasteiger partial charge in [0.15, 0.2) is 11.6 Å². The fraction of sp³-hybridized carbons (Fsp3) is 0.391. The Morgan fingerprint density at radius 1 is 1.03 bits per heavy atom. The first-order valence-electron chi connectivity index (χ1n) is 10.4. The second-order valence-electron chi connectivity index (χ2n) is 8.24. The minimum Gasteiger partial charge on any atom is -0.371 e. The summed E-state index contributed by atoms with van der Waals surface area (Å²) in [5, 5.41) is 5.20. The highest BCUT2D eigenvalue weighted by molar-refractivity contribution is 5.98. The van der Waals surface area contributed by atoms with Crippen molar-refractivity contribution in [1.82, 2.24) is 10.6 Å². The summed E-state index contributed by atoms with van der Waals surface area (Å²) >= 11 is 0. The highest BCUT2D eigenvalue weighted by Crippen LogP contribution is 2.25. The van der Waals surface area contributed by atoms with Crippen LogP contribution in [0.1, 0.15) is 30.6 Å². The first kappa shape index (κ1) is 23.6. The van der Waals surface area contributed by atoms with Crippen molar-refractivity contribution in [1.29, 1.82) is 0 Å². The van der Waals surface area contributed by atoms with Gasteiger partial charge >= 0.3 is 0 Å². The van der Waals surface area contributed by atoms with Gasteiger partial charge in [-0.1, -0.05) is 19.9 Å². The molecule has 3 rings (SSSR count). The van der Waals surface area contributed by atoms with Crippen LogP contribution in [0.3, 0.4) is 0 Å². The van der Waals surface area contributed by atoms with Gasteiger partial charge in [-0.3, -0.25) is 9.59 Å². The lowest BCUT2D eigenvalue weighted by Gasteiger charge is -2.23. The minimum atomic E-state index is -1.01. The molecule has 0 aliphatic carbocycles. The molecule has 1 unspecified atom stereocenters. The van der Waals surface area contributed by atoms with E-state index >= 15 is 0 Å². The van der Waals surface area contributed by atoms with E-state index in [1.165, 1.54) is 6.07 Å². The van der Waals surface area contributed by atoms with Crippen molar-refractivity contribution in [3.63, 3.8) is 0 Å². The molecule has 5 nitrogen and oxygen atoms in total. The summed E-state index contributed by atoms with van der Waals surface area (Å²) < 4.78 is 54.4. The summed E-state index contributed by atoms with van der Waals surface area (Å²) in [5.74, 6) is -5.55. The maximum Gasteiger partial charge on any atom is 0.257 e. The van der Waals surface area contributed by atoms with E-state index in [4.69, 9.17) is 0 Å². The maximum atomic E-state index is 13.9. The summed E-state index contributed by atoms with van der Waals surface area (Å²) in [7, 11) is 0. The van der Waals surface area contributed by atoms with E-state index in [0.717, 1.165) is 36.8 Å². The number of nitrogens with one attached hydrogen (secondary N) is 2. The van der Waals surface area contributed by atoms with Crippen molar-refractivity contribution in [3.05, 3.63) is 65.2 Å². The van der Waals surface area contributed by atoms with Gasteiger partial charge in [0.05, 0.1) is 0 Å². The molecule has 2 N–H and O–H groups in total. The Kier molecular flexibility index (Phi) is 7.37. The van der Waals surface area contributed by atoms with Crippen molar-refractivity contribution in [2.45, 2.75) is 26.3 Å². The van der Waals surface area contributed by atoms with E-state index in [1.54, 1.807) is 13.8 Å². The predicted octanol–water partition coefficient (Wildman–Crippen LogP) is 3.64. The third-order valence-corrected chi connectivity index (χ3v) is 5.54. The second-order valence-corrected chi connectivity index (χ2v) is 8.24. The number of amides is 2. The van der Waals surface area contributed by atoms with Gasteiger partial charge < -0.3 is 15.5 Å². The highest BCUT2D eigenvalue weighted by atomic mass is 19.2. The molecule has 0 bridgehead atoms. The molecule has 1 saturated heterocycles. The first-order chi connectivity index (χ1) is 15.2. The largest absolute Gasteiger partial charge is 0.371 e. The van der Waals surface area contributed by atoms with Crippen molar-refractivity contribution in [3.8, 4) is 0 Å². The molecule has 1 fully saturated rings. The van der Waals surface area contributed by atoms with Crippen LogP contribution in [0.2, 0.25) is 0 Å². The summed E-state index contributed by atoms with van der Waals surface area (Å²) in [4.78, 5) is 27.0. The standard InChI is InChI=1S/C23H25F4N3O2/c1-13(2)21(29-22(31)20-17(25)4-3-5-18(20)26)23(32)28-11-14-8-9-30(12-14)15-6-7-16(24)19(27)10-15/h3-7,10,13-14,21H,8-9,11-12H2,1-2H3,(H,28,32)(H,29,31)/t14?,21-/m0/s1. The number of rotatable bonds is 7. The van der Waals surface area contributed by atoms with Gasteiger partial charge in [0.1, 0.15) is 23.2 Å². The number of hydrogen-bond acceptors (Lipinski definition) is 3. The normalized spacial score (nSPS) is 16.8. The van der Waals surface area contributed by atoms with Crippen LogP contribution >= 0.6 is 0 Å². The molecule has 1 aliphatic rings. The Balaban J connectivity index is 1.57. The van der Waals surface area contributed by atoms with Crippen LogP contribution in [0.5, 0.6) is 0 Å². The molecule has 0 aromatic heterocycles. The molecular weight excluding hydrogens is 426 g/mol. The minimum absolute atomic E-state index is 0.0691. The molecule has 0 saturated carbocycles. The lowest BCUT2D eigenvalue weighted by Crippen LogP contribution is -2.50. The van der Waals surface area contributed by atoms with E-state index in [-0.39, 0.29) is 11.8 Å². The SMILES string of the molecule is CC(C)[C@H](NC(=O)c1c(F)cccc1F)C(=O)NCC1CCN(c2ccc(F)c(F)c2)C1. The third kappa shape index (κ3) is 5.38. The summed E-state index contributed by atoms with van der Waals surface area (Å²) in [6.07, 6.45) is 0.735. The first-order valence-corrected chi connectivity index (χ1v) is 10.4. The van der Waals surface area contributed by atoms with Crippen LogP contribution in [0, 0.1) is 35.1 Å². The monoisotopic (exact) mass is 451 g/mol. The van der Waals surface area contributed by atoms with E-state index < -0.39 is 46.7 Å². The van der Waals surface area contributed by atoms with E-state index in [9.17, 15) is 27.2 Å². The lowest BCUT2D eigenvalue weighted by atomic mass is 10.0. The molecule has 2 amide bonds. The molecule has 172 valence electrons. The van der Waals surface area contributed by atoms with Crippen LogP contribution in [0.15, 0.2) is 36.4 Å². The van der Waals surface area contributed by atoms with Gasteiger partial charge in [-0.15, -0.1) is 0 Å². The predicted molar refractivity (Wildman–Crippen MR) is 112 cm³/mol. The van der Waals surface area contributed by atoms with Crippen molar-refractivity contribution >= 4 is 17.5 Å². The smallest absolute Gasteiger partial charge is 0.257 e. The van der Waals surface area contributed by atoms with Gasteiger partial charge in [0, 0.05) is 31.4 Å². The average Bonchev–Trinajstić information content (AvgIpc) is 3.21. The van der Waals surface area contributed by atoms with Crippen LogP contribution in [-0.2, 0) is 4.79 Å². The zero-order chi connectivity index (χ0) is 23.4. The molecule has 1 heterocycles. The quantitative estimate of drug-likeness (QED) is 0.632. The van der Waals surface area contributed by atoms with Gasteiger partial charge in [-0.2, -0.15) is 0 Å². The topological polar surface area (TPSA) is 61.4 Å². The summed E-state index contributed by atoms with van der Waals surface area (Å²) in [6.45, 7) is 4.91. The molecule has 32 heavy (non-hydrogen) atoms. The molecule has 0 spiro atoms. The fourth-order valence-corrected chi connectivity index (χ4v) is 3.73. The van der Waals surface area contributed by atoms with Crippen LogP contribution < -0.4 is 15.5 Å². The lowest BCUT2D eigenvalue weighted by molar-refractivity contribution is -0.124. The van der Waals surface area contributed by atoms with Crippen LogP contribution in [0.4, 0.5) is 23.2 Å². The summed E-state index contributed by atoms with van der Waals surface area (Å²) in [5.41, 5.74) is -0.166. The Morgan fingerprint density at radius 2 is 1.72 bits per heavy atom. The summed E-state index contributed by atoms with van der Waals surface area (Å²) in [6, 6.07) is 5.84. The maximum absolute atomic E-state index is 13.9. The molecule has 0 radical (unpaired) electrons. The zero-order valence-electron chi connectivity index (χ0n) is 17.8. The number of hydrogen-bond donors (Lipinski definition) is 2. The Morgan fingerprint density at radius 3 is 2.34 bits per heavy atom. The number of halogens is 4. The molecule has 2 aromatic carbocycles. The van der Waals surface area contributed by atoms with E-state index in [2.05, 4.69) is 10.6 Å². The highest BCUT2D eigenvalue weighted by Gasteiger charge is 2.29. The van der Waals surface area contributed by atoms with Crippen molar-refractivity contribution in [2.24, 2.45) is 11.8 Å². The van der Waals surface area contributed by atoms with Gasteiger partial charge in [-0.25, -0.2) is 17.6 Å². The Bertz CT molecular complexity index is 979. The molecule has 2 atom stereocenters. The second kappa shape index (κ2) is 10.0. The van der Waals surface area contributed by atoms with Crippen molar-refractivity contribution in [2.75, 3.05) is 24.5 Å². The number of carbonyl (C=O) groups is 2.